The van der Waals surface area contributed by atoms with Gasteiger partial charge in [0.1, 0.15) is 0 Å². The lowest BCUT2D eigenvalue weighted by atomic mass is 10.2. The highest BCUT2D eigenvalue weighted by molar-refractivity contribution is 5.43. The smallest absolute Gasteiger partial charge is 0.0957 e. The number of rotatable bonds is 8. The van der Waals surface area contributed by atoms with Crippen molar-refractivity contribution in [2.75, 3.05) is 25.1 Å². The summed E-state index contributed by atoms with van der Waals surface area (Å²) in [6.07, 6.45) is 5.00. The molecule has 0 aliphatic carbocycles. The van der Waals surface area contributed by atoms with Gasteiger partial charge in [0.25, 0.3) is 0 Å². The molecule has 0 aliphatic heterocycles. The molecule has 0 spiro atoms. The van der Waals surface area contributed by atoms with Crippen LogP contribution < -0.4 is 4.90 Å². The van der Waals surface area contributed by atoms with E-state index in [1.54, 1.807) is 6.20 Å². The van der Waals surface area contributed by atoms with E-state index in [0.29, 0.717) is 6.42 Å². The Morgan fingerprint density at radius 3 is 2.61 bits per heavy atom. The van der Waals surface area contributed by atoms with E-state index in [1.807, 2.05) is 26.1 Å². The molecule has 1 aromatic rings. The second-order valence-electron chi connectivity index (χ2n) is 4.57. The number of aliphatic hydroxyl groups excluding tert-OH is 2. The standard InChI is InChI=1S/C14H24N2O2/c1-3-14(18)13-8-7-12(11-15-13)16(2)9-5-4-6-10-17/h7-8,11,14,17-18H,3-6,9-10H2,1-2H3/t14-/m1/s1. The maximum atomic E-state index is 9.66. The number of aliphatic hydroxyl groups is 2. The lowest BCUT2D eigenvalue weighted by Gasteiger charge is -2.19. The quantitative estimate of drug-likeness (QED) is 0.696. The summed E-state index contributed by atoms with van der Waals surface area (Å²) in [7, 11) is 2.03. The first kappa shape index (κ1) is 14.9. The van der Waals surface area contributed by atoms with Gasteiger partial charge in [0, 0.05) is 20.2 Å². The number of hydrogen-bond donors (Lipinski definition) is 2. The van der Waals surface area contributed by atoms with Crippen LogP contribution in [-0.2, 0) is 0 Å². The SMILES string of the molecule is CC[C@@H](O)c1ccc(N(C)CCCCCO)cn1. The average molecular weight is 252 g/mol. The largest absolute Gasteiger partial charge is 0.396 e. The van der Waals surface area contributed by atoms with E-state index >= 15 is 0 Å². The fraction of sp³-hybridized carbons (Fsp3) is 0.643. The van der Waals surface area contributed by atoms with Crippen molar-refractivity contribution in [3.05, 3.63) is 24.0 Å². The van der Waals surface area contributed by atoms with Gasteiger partial charge >= 0.3 is 0 Å². The molecular formula is C14H24N2O2. The van der Waals surface area contributed by atoms with Crippen LogP contribution in [0.4, 0.5) is 5.69 Å². The van der Waals surface area contributed by atoms with Crippen molar-refractivity contribution < 1.29 is 10.2 Å². The minimum absolute atomic E-state index is 0.273. The summed E-state index contributed by atoms with van der Waals surface area (Å²) in [4.78, 5) is 6.43. The molecule has 0 bridgehead atoms. The molecule has 0 fully saturated rings. The van der Waals surface area contributed by atoms with E-state index in [9.17, 15) is 5.11 Å². The van der Waals surface area contributed by atoms with E-state index in [0.717, 1.165) is 37.2 Å². The lowest BCUT2D eigenvalue weighted by Crippen LogP contribution is -2.18. The van der Waals surface area contributed by atoms with Crippen molar-refractivity contribution >= 4 is 5.69 Å². The lowest BCUT2D eigenvalue weighted by molar-refractivity contribution is 0.169. The molecule has 102 valence electrons. The number of anilines is 1. The molecule has 18 heavy (non-hydrogen) atoms. The van der Waals surface area contributed by atoms with Gasteiger partial charge < -0.3 is 15.1 Å². The fourth-order valence-corrected chi connectivity index (χ4v) is 1.80. The van der Waals surface area contributed by atoms with Gasteiger partial charge in [0.05, 0.1) is 23.7 Å². The van der Waals surface area contributed by atoms with Gasteiger partial charge in [-0.25, -0.2) is 0 Å². The highest BCUT2D eigenvalue weighted by Crippen LogP contribution is 2.17. The van der Waals surface area contributed by atoms with E-state index < -0.39 is 6.10 Å². The molecule has 0 saturated carbocycles. The maximum Gasteiger partial charge on any atom is 0.0957 e. The Labute approximate surface area is 109 Å². The molecule has 1 atom stereocenters. The van der Waals surface area contributed by atoms with E-state index in [-0.39, 0.29) is 6.61 Å². The normalized spacial score (nSPS) is 12.4. The van der Waals surface area contributed by atoms with Gasteiger partial charge in [-0.1, -0.05) is 6.92 Å². The Balaban J connectivity index is 2.46. The minimum Gasteiger partial charge on any atom is -0.396 e. The van der Waals surface area contributed by atoms with Crippen LogP contribution in [0.5, 0.6) is 0 Å². The molecule has 1 rings (SSSR count). The van der Waals surface area contributed by atoms with Gasteiger partial charge in [-0.15, -0.1) is 0 Å². The Morgan fingerprint density at radius 1 is 1.28 bits per heavy atom. The summed E-state index contributed by atoms with van der Waals surface area (Å²) in [5.41, 5.74) is 1.79. The van der Waals surface area contributed by atoms with Crippen LogP contribution in [0.2, 0.25) is 0 Å². The van der Waals surface area contributed by atoms with Crippen LogP contribution in [0.1, 0.15) is 44.4 Å². The highest BCUT2D eigenvalue weighted by atomic mass is 16.3. The zero-order valence-electron chi connectivity index (χ0n) is 11.3. The van der Waals surface area contributed by atoms with Crippen LogP contribution in [0.3, 0.4) is 0 Å². The highest BCUT2D eigenvalue weighted by Gasteiger charge is 2.07. The maximum absolute atomic E-state index is 9.66. The van der Waals surface area contributed by atoms with Crippen molar-refractivity contribution in [3.8, 4) is 0 Å². The third kappa shape index (κ3) is 4.63. The molecule has 2 N–H and O–H groups in total. The second kappa shape index (κ2) is 8.06. The summed E-state index contributed by atoms with van der Waals surface area (Å²) in [5.74, 6) is 0. The fourth-order valence-electron chi connectivity index (χ4n) is 1.80. The molecule has 0 aliphatic rings. The molecular weight excluding hydrogens is 228 g/mol. The molecule has 1 heterocycles. The van der Waals surface area contributed by atoms with E-state index in [2.05, 4.69) is 9.88 Å². The first-order valence-electron chi connectivity index (χ1n) is 6.65. The first-order chi connectivity index (χ1) is 8.69. The Hall–Kier alpha value is -1.13. The average Bonchev–Trinajstić information content (AvgIpc) is 2.42. The minimum atomic E-state index is -0.464. The molecule has 0 aromatic carbocycles. The molecule has 0 radical (unpaired) electrons. The molecule has 4 heteroatoms. The second-order valence-corrected chi connectivity index (χ2v) is 4.57. The van der Waals surface area contributed by atoms with Crippen LogP contribution >= 0.6 is 0 Å². The summed E-state index contributed by atoms with van der Waals surface area (Å²) in [6.45, 7) is 3.17. The Kier molecular flexibility index (Phi) is 6.68. The number of hydrogen-bond acceptors (Lipinski definition) is 4. The van der Waals surface area contributed by atoms with Crippen molar-refractivity contribution in [2.24, 2.45) is 0 Å². The molecule has 0 unspecified atom stereocenters. The van der Waals surface area contributed by atoms with Crippen LogP contribution in [0.15, 0.2) is 18.3 Å². The first-order valence-corrected chi connectivity index (χ1v) is 6.65. The summed E-state index contributed by atoms with van der Waals surface area (Å²) in [5, 5.41) is 18.4. The topological polar surface area (TPSA) is 56.6 Å². The van der Waals surface area contributed by atoms with Crippen LogP contribution in [-0.4, -0.2) is 35.4 Å². The molecule has 1 aromatic heterocycles. The predicted molar refractivity (Wildman–Crippen MR) is 73.7 cm³/mol. The van der Waals surface area contributed by atoms with E-state index in [4.69, 9.17) is 5.11 Å². The third-order valence-corrected chi connectivity index (χ3v) is 3.09. The monoisotopic (exact) mass is 252 g/mol. The number of pyridine rings is 1. The molecule has 4 nitrogen and oxygen atoms in total. The zero-order valence-corrected chi connectivity index (χ0v) is 11.3. The van der Waals surface area contributed by atoms with E-state index in [1.165, 1.54) is 0 Å². The van der Waals surface area contributed by atoms with Crippen molar-refractivity contribution in [3.63, 3.8) is 0 Å². The van der Waals surface area contributed by atoms with Crippen molar-refractivity contribution in [2.45, 2.75) is 38.7 Å². The van der Waals surface area contributed by atoms with Gasteiger partial charge in [-0.2, -0.15) is 0 Å². The van der Waals surface area contributed by atoms with Gasteiger partial charge in [0.2, 0.25) is 0 Å². The van der Waals surface area contributed by atoms with Crippen molar-refractivity contribution in [1.82, 2.24) is 4.98 Å². The van der Waals surface area contributed by atoms with Crippen molar-refractivity contribution in [1.29, 1.82) is 0 Å². The number of aromatic nitrogens is 1. The summed E-state index contributed by atoms with van der Waals surface area (Å²) >= 11 is 0. The summed E-state index contributed by atoms with van der Waals surface area (Å²) < 4.78 is 0. The van der Waals surface area contributed by atoms with Crippen LogP contribution in [0, 0.1) is 0 Å². The third-order valence-electron chi connectivity index (χ3n) is 3.09. The number of unbranched alkanes of at least 4 members (excludes halogenated alkanes) is 2. The Bertz CT molecular complexity index is 327. The Morgan fingerprint density at radius 2 is 2.06 bits per heavy atom. The van der Waals surface area contributed by atoms with Gasteiger partial charge in [-0.05, 0) is 37.8 Å². The van der Waals surface area contributed by atoms with Gasteiger partial charge in [-0.3, -0.25) is 4.98 Å². The zero-order chi connectivity index (χ0) is 13.4. The van der Waals surface area contributed by atoms with Gasteiger partial charge in [0.15, 0.2) is 0 Å². The molecule has 0 saturated heterocycles. The number of nitrogens with zero attached hydrogens (tertiary/aromatic N) is 2. The molecule has 0 amide bonds. The van der Waals surface area contributed by atoms with Crippen LogP contribution in [0.25, 0.3) is 0 Å². The predicted octanol–water partition coefficient (Wildman–Crippen LogP) is 2.12. The summed E-state index contributed by atoms with van der Waals surface area (Å²) in [6, 6.07) is 3.88.